The van der Waals surface area contributed by atoms with Crippen LogP contribution in [0, 0.1) is 5.82 Å². The second kappa shape index (κ2) is 7.36. The van der Waals surface area contributed by atoms with Gasteiger partial charge in [0.25, 0.3) is 11.7 Å². The number of carbonyl (C=O) groups excluding carboxylic acids is 2. The van der Waals surface area contributed by atoms with E-state index in [2.05, 4.69) is 10.3 Å². The molecule has 2 aromatic carbocycles. The maximum absolute atomic E-state index is 13.3. The summed E-state index contributed by atoms with van der Waals surface area (Å²) >= 11 is 0. The van der Waals surface area contributed by atoms with Crippen molar-refractivity contribution in [1.29, 1.82) is 0 Å². The molecule has 0 saturated carbocycles. The molecule has 3 rings (SSSR count). The summed E-state index contributed by atoms with van der Waals surface area (Å²) < 4.78 is 28.9. The van der Waals surface area contributed by atoms with E-state index in [4.69, 9.17) is 14.2 Å². The number of methoxy groups -OCH3 is 3. The Labute approximate surface area is 154 Å². The van der Waals surface area contributed by atoms with Crippen LogP contribution in [0.5, 0.6) is 17.2 Å². The number of halogens is 1. The molecule has 0 fully saturated rings. The van der Waals surface area contributed by atoms with Crippen molar-refractivity contribution in [1.82, 2.24) is 4.98 Å². The van der Waals surface area contributed by atoms with Crippen molar-refractivity contribution in [3.05, 3.63) is 47.9 Å². The molecule has 0 saturated heterocycles. The van der Waals surface area contributed by atoms with Gasteiger partial charge in [-0.2, -0.15) is 0 Å². The molecule has 27 heavy (non-hydrogen) atoms. The molecular weight excluding hydrogens is 355 g/mol. The first-order chi connectivity index (χ1) is 13.0. The standard InChI is InChI=1S/C19H17FN2O5/c1-25-15-7-11(8-16(26-2)18(15)27-3)22-19(24)17(23)13-9-21-14-6-10(20)4-5-12(13)14/h4-9,21H,1-3H3,(H,22,24). The monoisotopic (exact) mass is 372 g/mol. The van der Waals surface area contributed by atoms with Gasteiger partial charge in [0.1, 0.15) is 5.82 Å². The van der Waals surface area contributed by atoms with Crippen LogP contribution in [0.25, 0.3) is 10.9 Å². The van der Waals surface area contributed by atoms with Crippen molar-refractivity contribution in [3.8, 4) is 17.2 Å². The van der Waals surface area contributed by atoms with Gasteiger partial charge in [-0.3, -0.25) is 9.59 Å². The maximum atomic E-state index is 13.3. The van der Waals surface area contributed by atoms with Crippen LogP contribution in [0.1, 0.15) is 10.4 Å². The third kappa shape index (κ3) is 3.41. The number of hydrogen-bond acceptors (Lipinski definition) is 5. The third-order valence-corrected chi connectivity index (χ3v) is 4.02. The second-order valence-electron chi connectivity index (χ2n) is 5.59. The molecular formula is C19H17FN2O5. The summed E-state index contributed by atoms with van der Waals surface area (Å²) in [6, 6.07) is 6.95. The van der Waals surface area contributed by atoms with Gasteiger partial charge in [0.05, 0.1) is 26.9 Å². The summed E-state index contributed by atoms with van der Waals surface area (Å²) in [4.78, 5) is 27.7. The Kier molecular flexibility index (Phi) is 4.98. The minimum atomic E-state index is -0.852. The zero-order chi connectivity index (χ0) is 19.6. The molecule has 0 aliphatic rings. The molecule has 0 aliphatic carbocycles. The Morgan fingerprint density at radius 3 is 2.26 bits per heavy atom. The zero-order valence-electron chi connectivity index (χ0n) is 14.9. The minimum absolute atomic E-state index is 0.148. The largest absolute Gasteiger partial charge is 0.493 e. The summed E-state index contributed by atoms with van der Waals surface area (Å²) in [5.74, 6) is -1.02. The number of benzene rings is 2. The van der Waals surface area contributed by atoms with Crippen LogP contribution in [-0.4, -0.2) is 38.0 Å². The highest BCUT2D eigenvalue weighted by Gasteiger charge is 2.22. The zero-order valence-corrected chi connectivity index (χ0v) is 14.9. The number of carbonyl (C=O) groups is 2. The highest BCUT2D eigenvalue weighted by Crippen LogP contribution is 2.40. The van der Waals surface area contributed by atoms with Crippen LogP contribution >= 0.6 is 0 Å². The van der Waals surface area contributed by atoms with Gasteiger partial charge in [0.2, 0.25) is 5.75 Å². The summed E-state index contributed by atoms with van der Waals surface area (Å²) in [7, 11) is 4.35. The fourth-order valence-corrected chi connectivity index (χ4v) is 2.75. The molecule has 2 N–H and O–H groups in total. The summed E-state index contributed by atoms with van der Waals surface area (Å²) in [6.45, 7) is 0. The van der Waals surface area contributed by atoms with E-state index in [1.165, 1.54) is 57.9 Å². The number of fused-ring (bicyclic) bond motifs is 1. The average molecular weight is 372 g/mol. The molecule has 0 radical (unpaired) electrons. The van der Waals surface area contributed by atoms with Crippen LogP contribution in [0.4, 0.5) is 10.1 Å². The van der Waals surface area contributed by atoms with E-state index >= 15 is 0 Å². The molecule has 1 heterocycles. The predicted molar refractivity (Wildman–Crippen MR) is 97.3 cm³/mol. The Morgan fingerprint density at radius 1 is 1.00 bits per heavy atom. The molecule has 140 valence electrons. The van der Waals surface area contributed by atoms with Gasteiger partial charge in [0.15, 0.2) is 11.5 Å². The molecule has 1 aromatic heterocycles. The van der Waals surface area contributed by atoms with Crippen LogP contribution in [0.2, 0.25) is 0 Å². The number of ether oxygens (including phenoxy) is 3. The van der Waals surface area contributed by atoms with Gasteiger partial charge in [0, 0.05) is 34.9 Å². The Hall–Kier alpha value is -3.55. The topological polar surface area (TPSA) is 89.7 Å². The van der Waals surface area contributed by atoms with Gasteiger partial charge >= 0.3 is 0 Å². The number of nitrogens with one attached hydrogen (secondary N) is 2. The van der Waals surface area contributed by atoms with Crippen LogP contribution in [0.15, 0.2) is 36.5 Å². The Balaban J connectivity index is 1.89. The first kappa shape index (κ1) is 18.2. The van der Waals surface area contributed by atoms with E-state index in [0.717, 1.165) is 0 Å². The molecule has 7 nitrogen and oxygen atoms in total. The summed E-state index contributed by atoms with van der Waals surface area (Å²) in [5.41, 5.74) is 0.877. The number of ketones is 1. The van der Waals surface area contributed by atoms with Gasteiger partial charge in [-0.05, 0) is 18.2 Å². The molecule has 0 atom stereocenters. The summed E-state index contributed by atoms with van der Waals surface area (Å²) in [6.07, 6.45) is 1.38. The number of amides is 1. The first-order valence-corrected chi connectivity index (χ1v) is 7.90. The minimum Gasteiger partial charge on any atom is -0.493 e. The van der Waals surface area contributed by atoms with Crippen molar-refractivity contribution in [3.63, 3.8) is 0 Å². The lowest BCUT2D eigenvalue weighted by molar-refractivity contribution is -0.112. The SMILES string of the molecule is COc1cc(NC(=O)C(=O)c2c[nH]c3cc(F)ccc23)cc(OC)c1OC. The normalized spacial score (nSPS) is 10.5. The molecule has 1 amide bonds. The fourth-order valence-electron chi connectivity index (χ4n) is 2.75. The van der Waals surface area contributed by atoms with Crippen molar-refractivity contribution >= 4 is 28.3 Å². The molecule has 0 bridgehead atoms. The molecule has 8 heteroatoms. The number of Topliss-reactive ketones (excluding diaryl/α,β-unsaturated/α-hetero) is 1. The van der Waals surface area contributed by atoms with Crippen LogP contribution in [-0.2, 0) is 4.79 Å². The smallest absolute Gasteiger partial charge is 0.296 e. The number of rotatable bonds is 6. The van der Waals surface area contributed by atoms with Gasteiger partial charge in [-0.25, -0.2) is 4.39 Å². The molecule has 0 aliphatic heterocycles. The van der Waals surface area contributed by atoms with E-state index < -0.39 is 17.5 Å². The number of aromatic nitrogens is 1. The number of anilines is 1. The summed E-state index contributed by atoms with van der Waals surface area (Å²) in [5, 5.41) is 2.97. The van der Waals surface area contributed by atoms with Crippen LogP contribution < -0.4 is 19.5 Å². The molecule has 0 spiro atoms. The van der Waals surface area contributed by atoms with Gasteiger partial charge < -0.3 is 24.5 Å². The first-order valence-electron chi connectivity index (χ1n) is 7.90. The van der Waals surface area contributed by atoms with E-state index in [1.54, 1.807) is 0 Å². The van der Waals surface area contributed by atoms with E-state index in [-0.39, 0.29) is 5.56 Å². The lowest BCUT2D eigenvalue weighted by atomic mass is 10.1. The average Bonchev–Trinajstić information content (AvgIpc) is 3.09. The maximum Gasteiger partial charge on any atom is 0.296 e. The fraction of sp³-hybridized carbons (Fsp3) is 0.158. The second-order valence-corrected chi connectivity index (χ2v) is 5.59. The van der Waals surface area contributed by atoms with Crippen molar-refractivity contribution in [2.24, 2.45) is 0 Å². The van der Waals surface area contributed by atoms with E-state index in [0.29, 0.717) is 33.8 Å². The number of hydrogen-bond donors (Lipinski definition) is 2. The third-order valence-electron chi connectivity index (χ3n) is 4.02. The lowest BCUT2D eigenvalue weighted by Gasteiger charge is -2.14. The number of aromatic amines is 1. The van der Waals surface area contributed by atoms with Gasteiger partial charge in [-0.1, -0.05) is 0 Å². The predicted octanol–water partition coefficient (Wildman–Crippen LogP) is 3.15. The van der Waals surface area contributed by atoms with Crippen molar-refractivity contribution in [2.45, 2.75) is 0 Å². The van der Waals surface area contributed by atoms with Gasteiger partial charge in [-0.15, -0.1) is 0 Å². The molecule has 0 unspecified atom stereocenters. The van der Waals surface area contributed by atoms with E-state index in [9.17, 15) is 14.0 Å². The van der Waals surface area contributed by atoms with E-state index in [1.807, 2.05) is 0 Å². The van der Waals surface area contributed by atoms with Crippen molar-refractivity contribution < 1.29 is 28.2 Å². The lowest BCUT2D eigenvalue weighted by Crippen LogP contribution is -2.22. The quantitative estimate of drug-likeness (QED) is 0.512. The molecule has 3 aromatic rings. The Bertz CT molecular complexity index is 1000. The van der Waals surface area contributed by atoms with Crippen molar-refractivity contribution in [2.75, 3.05) is 26.6 Å². The highest BCUT2D eigenvalue weighted by atomic mass is 19.1. The highest BCUT2D eigenvalue weighted by molar-refractivity contribution is 6.48. The number of H-pyrrole nitrogens is 1. The Morgan fingerprint density at radius 2 is 1.67 bits per heavy atom. The van der Waals surface area contributed by atoms with Crippen LogP contribution in [0.3, 0.4) is 0 Å².